The first-order chi connectivity index (χ1) is 20.1. The van der Waals surface area contributed by atoms with Gasteiger partial charge in [-0.15, -0.1) is 0 Å². The average Bonchev–Trinajstić information content (AvgIpc) is 3.58. The van der Waals surface area contributed by atoms with Crippen molar-refractivity contribution in [2.75, 3.05) is 36.2 Å². The minimum absolute atomic E-state index is 0.0165. The number of amidine groups is 1. The van der Waals surface area contributed by atoms with Gasteiger partial charge in [-0.3, -0.25) is 24.8 Å². The van der Waals surface area contributed by atoms with E-state index in [0.717, 1.165) is 11.3 Å². The second-order valence-electron chi connectivity index (χ2n) is 9.76. The number of H-pyrrole nitrogens is 1. The fraction of sp³-hybridized carbons (Fsp3) is 0.167. The summed E-state index contributed by atoms with van der Waals surface area (Å²) < 4.78 is 1.58. The molecular formula is C30H33N9O3. The van der Waals surface area contributed by atoms with Crippen LogP contribution in [0.4, 0.5) is 17.1 Å². The summed E-state index contributed by atoms with van der Waals surface area (Å²) in [6.07, 6.45) is 8.69. The highest BCUT2D eigenvalue weighted by Gasteiger charge is 2.16. The van der Waals surface area contributed by atoms with E-state index < -0.39 is 5.91 Å². The molecule has 12 nitrogen and oxygen atoms in total. The van der Waals surface area contributed by atoms with Gasteiger partial charge in [0.15, 0.2) is 0 Å². The molecule has 0 atom stereocenters. The Bertz CT molecular complexity index is 1610. The highest BCUT2D eigenvalue weighted by Crippen LogP contribution is 2.17. The molecule has 4 aromatic rings. The van der Waals surface area contributed by atoms with Crippen LogP contribution in [-0.4, -0.2) is 58.7 Å². The van der Waals surface area contributed by atoms with Crippen molar-refractivity contribution in [2.45, 2.75) is 6.42 Å². The Morgan fingerprint density at radius 2 is 1.74 bits per heavy atom. The van der Waals surface area contributed by atoms with E-state index in [1.165, 1.54) is 18.5 Å². The second kappa shape index (κ2) is 13.1. The van der Waals surface area contributed by atoms with Gasteiger partial charge in [0.1, 0.15) is 11.4 Å². The number of pyridine rings is 1. The molecule has 4 rings (SSSR count). The van der Waals surface area contributed by atoms with Crippen molar-refractivity contribution >= 4 is 52.8 Å². The SMILES string of the molecule is CN(C)c1ccc(/C=C/c2ccc(C(=O)Nc3c[nH]c(C(=O)Nc4cc(C(=O)NCCC(=N)N)n(C)c4)c3)cn2)cc1. The molecule has 0 aliphatic rings. The summed E-state index contributed by atoms with van der Waals surface area (Å²) in [7, 11) is 5.66. The van der Waals surface area contributed by atoms with Crippen LogP contribution in [0.2, 0.25) is 0 Å². The van der Waals surface area contributed by atoms with Crippen LogP contribution >= 0.6 is 0 Å². The zero-order valence-corrected chi connectivity index (χ0v) is 23.6. The molecule has 0 unspecified atom stereocenters. The predicted molar refractivity (Wildman–Crippen MR) is 165 cm³/mol. The Kier molecular flexibility index (Phi) is 9.17. The second-order valence-corrected chi connectivity index (χ2v) is 9.76. The lowest BCUT2D eigenvalue weighted by Gasteiger charge is -2.11. The number of nitrogens with one attached hydrogen (secondary N) is 5. The van der Waals surface area contributed by atoms with Gasteiger partial charge in [-0.2, -0.15) is 0 Å². The van der Waals surface area contributed by atoms with Gasteiger partial charge in [-0.1, -0.05) is 18.2 Å². The van der Waals surface area contributed by atoms with E-state index in [-0.39, 0.29) is 36.3 Å². The van der Waals surface area contributed by atoms with E-state index in [2.05, 4.69) is 25.9 Å². The molecule has 0 aliphatic heterocycles. The normalized spacial score (nSPS) is 10.8. The van der Waals surface area contributed by atoms with Crippen LogP contribution in [0.5, 0.6) is 0 Å². The van der Waals surface area contributed by atoms with E-state index >= 15 is 0 Å². The molecule has 3 heterocycles. The lowest BCUT2D eigenvalue weighted by atomic mass is 10.1. The standard InChI is InChI=1S/C30H33N9O3/c1-38(2)24-10-5-19(6-11-24)4-8-21-9-7-20(16-34-21)28(40)36-22-14-25(35-17-22)29(41)37-23-15-26(39(3)18-23)30(42)33-13-12-27(31)32/h4-11,14-18,35H,12-13H2,1-3H3,(H3,31,32)(H,33,42)(H,36,40)(H,37,41)/b8-4+. The molecule has 3 amide bonds. The predicted octanol–water partition coefficient (Wildman–Crippen LogP) is 3.55. The van der Waals surface area contributed by atoms with Crippen molar-refractivity contribution in [3.8, 4) is 0 Å². The van der Waals surface area contributed by atoms with Gasteiger partial charge in [0.2, 0.25) is 0 Å². The third kappa shape index (κ3) is 7.72. The number of aromatic amines is 1. The molecule has 1 aromatic carbocycles. The topological polar surface area (TPSA) is 174 Å². The number of nitrogens with zero attached hydrogens (tertiary/aromatic N) is 3. The first kappa shape index (κ1) is 29.3. The fourth-order valence-corrected chi connectivity index (χ4v) is 3.96. The maximum absolute atomic E-state index is 12.7. The summed E-state index contributed by atoms with van der Waals surface area (Å²) in [6.45, 7) is 0.238. The maximum Gasteiger partial charge on any atom is 0.272 e. The van der Waals surface area contributed by atoms with E-state index in [1.807, 2.05) is 55.4 Å². The van der Waals surface area contributed by atoms with E-state index in [0.29, 0.717) is 28.3 Å². The molecular weight excluding hydrogens is 534 g/mol. The van der Waals surface area contributed by atoms with Crippen LogP contribution in [0, 0.1) is 5.41 Å². The van der Waals surface area contributed by atoms with Crippen molar-refractivity contribution in [1.82, 2.24) is 19.9 Å². The molecule has 42 heavy (non-hydrogen) atoms. The lowest BCUT2D eigenvalue weighted by Crippen LogP contribution is -2.28. The number of rotatable bonds is 11. The first-order valence-corrected chi connectivity index (χ1v) is 13.1. The number of benzene rings is 1. The van der Waals surface area contributed by atoms with Crippen molar-refractivity contribution in [2.24, 2.45) is 12.8 Å². The zero-order chi connectivity index (χ0) is 30.2. The number of hydrogen-bond donors (Lipinski definition) is 6. The molecule has 7 N–H and O–H groups in total. The van der Waals surface area contributed by atoms with Crippen LogP contribution in [0.3, 0.4) is 0 Å². The van der Waals surface area contributed by atoms with Crippen LogP contribution in [0.1, 0.15) is 49.0 Å². The number of amides is 3. The molecule has 0 bridgehead atoms. The highest BCUT2D eigenvalue weighted by atomic mass is 16.2. The molecule has 12 heteroatoms. The molecule has 0 radical (unpaired) electrons. The van der Waals surface area contributed by atoms with Crippen LogP contribution in [0.25, 0.3) is 12.2 Å². The Morgan fingerprint density at radius 1 is 1.00 bits per heavy atom. The van der Waals surface area contributed by atoms with Crippen molar-refractivity contribution in [3.63, 3.8) is 0 Å². The third-order valence-corrected chi connectivity index (χ3v) is 6.27. The van der Waals surface area contributed by atoms with Gasteiger partial charge in [0.05, 0.1) is 28.5 Å². The number of aryl methyl sites for hydroxylation is 1. The van der Waals surface area contributed by atoms with Gasteiger partial charge in [-0.05, 0) is 48.0 Å². The monoisotopic (exact) mass is 567 g/mol. The summed E-state index contributed by atoms with van der Waals surface area (Å²) in [5.74, 6) is -1.18. The molecule has 0 fully saturated rings. The molecule has 3 aromatic heterocycles. The Labute approximate surface area is 243 Å². The molecule has 0 saturated heterocycles. The molecule has 0 saturated carbocycles. The van der Waals surface area contributed by atoms with Crippen LogP contribution in [0.15, 0.2) is 67.1 Å². The fourth-order valence-electron chi connectivity index (χ4n) is 3.96. The van der Waals surface area contributed by atoms with Gasteiger partial charge in [-0.25, -0.2) is 0 Å². The van der Waals surface area contributed by atoms with E-state index in [9.17, 15) is 14.4 Å². The number of nitrogens with two attached hydrogens (primary N) is 1. The van der Waals surface area contributed by atoms with Crippen molar-refractivity contribution in [3.05, 3.63) is 95.3 Å². The molecule has 216 valence electrons. The highest BCUT2D eigenvalue weighted by molar-refractivity contribution is 6.07. The molecule has 0 aliphatic carbocycles. The lowest BCUT2D eigenvalue weighted by molar-refractivity contribution is 0.0945. The first-order valence-electron chi connectivity index (χ1n) is 13.1. The largest absolute Gasteiger partial charge is 0.388 e. The van der Waals surface area contributed by atoms with Gasteiger partial charge in [0.25, 0.3) is 17.7 Å². The third-order valence-electron chi connectivity index (χ3n) is 6.27. The summed E-state index contributed by atoms with van der Waals surface area (Å²) in [6, 6.07) is 14.6. The number of carbonyl (C=O) groups excluding carboxylic acids is 3. The van der Waals surface area contributed by atoms with E-state index in [4.69, 9.17) is 11.1 Å². The Hall–Kier alpha value is -5.65. The number of aromatic nitrogens is 3. The zero-order valence-electron chi connectivity index (χ0n) is 23.6. The average molecular weight is 568 g/mol. The van der Waals surface area contributed by atoms with Crippen molar-refractivity contribution < 1.29 is 14.4 Å². The van der Waals surface area contributed by atoms with Crippen LogP contribution in [-0.2, 0) is 7.05 Å². The van der Waals surface area contributed by atoms with Gasteiger partial charge >= 0.3 is 0 Å². The minimum Gasteiger partial charge on any atom is -0.388 e. The Balaban J connectivity index is 1.31. The number of hydrogen-bond acceptors (Lipinski definition) is 6. The van der Waals surface area contributed by atoms with Crippen LogP contribution < -0.4 is 26.6 Å². The Morgan fingerprint density at radius 3 is 2.40 bits per heavy atom. The van der Waals surface area contributed by atoms with Gasteiger partial charge in [0, 0.05) is 58.4 Å². The summed E-state index contributed by atoms with van der Waals surface area (Å²) in [5.41, 5.74) is 9.93. The van der Waals surface area contributed by atoms with E-state index in [1.54, 1.807) is 36.0 Å². The smallest absolute Gasteiger partial charge is 0.272 e. The summed E-state index contributed by atoms with van der Waals surface area (Å²) in [5, 5.41) is 15.4. The molecule has 0 spiro atoms. The quantitative estimate of drug-likeness (QED) is 0.119. The number of anilines is 3. The summed E-state index contributed by atoms with van der Waals surface area (Å²) >= 11 is 0. The number of carbonyl (C=O) groups is 3. The summed E-state index contributed by atoms with van der Waals surface area (Å²) in [4.78, 5) is 47.1. The maximum atomic E-state index is 12.7. The minimum atomic E-state index is -0.446. The van der Waals surface area contributed by atoms with Gasteiger partial charge < -0.3 is 36.1 Å². The van der Waals surface area contributed by atoms with Crippen molar-refractivity contribution in [1.29, 1.82) is 5.41 Å².